The highest BCUT2D eigenvalue weighted by atomic mass is 32.2. The van der Waals surface area contributed by atoms with E-state index in [9.17, 15) is 27.6 Å². The molecule has 1 saturated heterocycles. The molecule has 1 fully saturated rings. The first-order valence-electron chi connectivity index (χ1n) is 10.0. The third kappa shape index (κ3) is 6.22. The first-order chi connectivity index (χ1) is 17.0. The van der Waals surface area contributed by atoms with Crippen LogP contribution in [0.15, 0.2) is 26.7 Å². The van der Waals surface area contributed by atoms with Crippen molar-refractivity contribution in [3.63, 3.8) is 0 Å². The Hall–Kier alpha value is -3.42. The first kappa shape index (κ1) is 27.2. The number of hydrogen-bond donors (Lipinski definition) is 4. The number of aryl methyl sites for hydroxylation is 1. The van der Waals surface area contributed by atoms with E-state index in [1.54, 1.807) is 11.6 Å². The van der Waals surface area contributed by atoms with Crippen molar-refractivity contribution >= 4 is 67.2 Å². The number of carbonyl (C=O) groups is 4. The van der Waals surface area contributed by atoms with Crippen LogP contribution in [0.2, 0.25) is 0 Å². The summed E-state index contributed by atoms with van der Waals surface area (Å²) in [6, 6.07) is -3.05. The lowest BCUT2D eigenvalue weighted by Gasteiger charge is -2.43. The second kappa shape index (κ2) is 11.1. The number of aliphatic imine (C=N–C) groups is 1. The Balaban J connectivity index is 1.69. The zero-order chi connectivity index (χ0) is 26.6. The predicted molar refractivity (Wildman–Crippen MR) is 128 cm³/mol. The summed E-state index contributed by atoms with van der Waals surface area (Å²) in [5.74, 6) is -2.77. The van der Waals surface area contributed by atoms with Crippen LogP contribution in [0.3, 0.4) is 0 Å². The van der Waals surface area contributed by atoms with Gasteiger partial charge in [-0.1, -0.05) is 4.53 Å². The highest BCUT2D eigenvalue weighted by Crippen LogP contribution is 2.24. The topological polar surface area (TPSA) is 224 Å². The van der Waals surface area contributed by atoms with Crippen molar-refractivity contribution in [1.29, 1.82) is 0 Å². The van der Waals surface area contributed by atoms with Crippen LogP contribution in [0.5, 0.6) is 0 Å². The molecule has 2 aliphatic rings. The van der Waals surface area contributed by atoms with Gasteiger partial charge in [-0.25, -0.2) is 33.8 Å². The number of rotatable bonds is 9. The SMILES string of the molecule is CCOC(=O)[C@@H]1[C@H](NC(=O)CC2=CS(=NOC)C(N)=N2)C(=O)N1C(=O)NS(=O)(=O)Nc1cc(C)sn1. The molecule has 16 nitrogen and oxygen atoms in total. The number of likely N-dealkylation sites (tertiary alicyclic amines) is 1. The molecule has 19 heteroatoms. The fourth-order valence-electron chi connectivity index (χ4n) is 3.08. The van der Waals surface area contributed by atoms with Crippen molar-refractivity contribution in [3.8, 4) is 0 Å². The van der Waals surface area contributed by atoms with Crippen LogP contribution in [0.25, 0.3) is 0 Å². The zero-order valence-electron chi connectivity index (χ0n) is 19.1. The number of urea groups is 1. The molecule has 5 N–H and O–H groups in total. The van der Waals surface area contributed by atoms with E-state index < -0.39 is 56.8 Å². The van der Waals surface area contributed by atoms with Crippen molar-refractivity contribution in [3.05, 3.63) is 22.0 Å². The number of ether oxygens (including phenoxy) is 1. The Morgan fingerprint density at radius 2 is 2.08 bits per heavy atom. The number of nitrogens with two attached hydrogens (primary N) is 1. The summed E-state index contributed by atoms with van der Waals surface area (Å²) in [4.78, 5) is 59.9. The molecule has 0 saturated carbocycles. The molecule has 0 radical (unpaired) electrons. The number of amidine groups is 1. The quantitative estimate of drug-likeness (QED) is 0.163. The summed E-state index contributed by atoms with van der Waals surface area (Å²) < 4.78 is 40.7. The number of β-lactam (4-membered cyclic amide) rings is 1. The van der Waals surface area contributed by atoms with Crippen molar-refractivity contribution in [2.45, 2.75) is 32.4 Å². The fraction of sp³-hybridized carbons (Fsp3) is 0.412. The van der Waals surface area contributed by atoms with Gasteiger partial charge in [0.05, 0.1) is 25.8 Å². The van der Waals surface area contributed by atoms with E-state index in [0.29, 0.717) is 9.78 Å². The lowest BCUT2D eigenvalue weighted by molar-refractivity contribution is -0.166. The van der Waals surface area contributed by atoms with Gasteiger partial charge in [0.25, 0.3) is 5.91 Å². The van der Waals surface area contributed by atoms with E-state index >= 15 is 0 Å². The third-order valence-electron chi connectivity index (χ3n) is 4.46. The van der Waals surface area contributed by atoms with Crippen LogP contribution in [0.1, 0.15) is 18.2 Å². The highest BCUT2D eigenvalue weighted by molar-refractivity contribution is 8.05. The van der Waals surface area contributed by atoms with Gasteiger partial charge < -0.3 is 15.8 Å². The zero-order valence-corrected chi connectivity index (χ0v) is 21.5. The van der Waals surface area contributed by atoms with Gasteiger partial charge in [-0.15, -0.1) is 0 Å². The van der Waals surface area contributed by atoms with Crippen LogP contribution in [0.4, 0.5) is 10.6 Å². The number of nitrogens with zero attached hydrogens (tertiary/aromatic N) is 4. The number of nitrogens with one attached hydrogen (secondary N) is 3. The van der Waals surface area contributed by atoms with E-state index in [2.05, 4.69) is 24.0 Å². The summed E-state index contributed by atoms with van der Waals surface area (Å²) >= 11 is 1.03. The average molecular weight is 563 g/mol. The average Bonchev–Trinajstić information content (AvgIpc) is 3.33. The first-order valence-corrected chi connectivity index (χ1v) is 13.5. The molecule has 1 aromatic rings. The monoisotopic (exact) mass is 562 g/mol. The maximum atomic E-state index is 12.7. The Labute approximate surface area is 211 Å². The summed E-state index contributed by atoms with van der Waals surface area (Å²) in [5, 5.41) is 3.98. The van der Waals surface area contributed by atoms with E-state index in [-0.39, 0.29) is 29.7 Å². The lowest BCUT2D eigenvalue weighted by Crippen LogP contribution is -2.76. The number of imide groups is 1. The molecular weight excluding hydrogens is 540 g/mol. The Kier molecular flexibility index (Phi) is 8.38. The lowest BCUT2D eigenvalue weighted by atomic mass is 9.95. The minimum Gasteiger partial charge on any atom is -0.464 e. The van der Waals surface area contributed by atoms with E-state index in [1.807, 2.05) is 4.72 Å². The van der Waals surface area contributed by atoms with Crippen molar-refractivity contribution in [2.24, 2.45) is 15.3 Å². The van der Waals surface area contributed by atoms with Crippen LogP contribution in [0, 0.1) is 6.92 Å². The molecule has 3 atom stereocenters. The summed E-state index contributed by atoms with van der Waals surface area (Å²) in [5.41, 5.74) is 5.98. The molecule has 0 aliphatic carbocycles. The minimum absolute atomic E-state index is 0.0366. The predicted octanol–water partition coefficient (Wildman–Crippen LogP) is -1.00. The van der Waals surface area contributed by atoms with Gasteiger partial charge in [0.15, 0.2) is 17.0 Å². The maximum absolute atomic E-state index is 12.7. The van der Waals surface area contributed by atoms with Crippen LogP contribution in [-0.4, -0.2) is 72.5 Å². The van der Waals surface area contributed by atoms with Crippen molar-refractivity contribution in [1.82, 2.24) is 19.3 Å². The van der Waals surface area contributed by atoms with Gasteiger partial charge in [0.2, 0.25) is 5.91 Å². The van der Waals surface area contributed by atoms with Crippen LogP contribution < -0.4 is 20.5 Å². The standard InChI is InChI=1S/C17H22N8O8S3/c1-4-33-15(28)13-12(20-11(26)6-9-7-35(24-32-3)16(18)19-9)14(27)25(13)17(29)23-36(30,31)22-10-5-8(2)34-21-10/h5,7,12-13H,4,6H2,1-3H3,(H2,18,19)(H,20,26)(H,21,22)(H,23,29)/t12-,13-,35?/m0/s1. The van der Waals surface area contributed by atoms with Gasteiger partial charge >= 0.3 is 22.2 Å². The molecule has 0 aromatic carbocycles. The number of amides is 4. The Morgan fingerprint density at radius 1 is 1.36 bits per heavy atom. The summed E-state index contributed by atoms with van der Waals surface area (Å²) in [6.07, 6.45) is -0.305. The molecule has 3 heterocycles. The molecule has 1 aromatic heterocycles. The third-order valence-corrected chi connectivity index (χ3v) is 7.40. The van der Waals surface area contributed by atoms with E-state index in [0.717, 1.165) is 11.5 Å². The number of aromatic nitrogens is 1. The molecule has 0 spiro atoms. The Bertz CT molecular complexity index is 1290. The summed E-state index contributed by atoms with van der Waals surface area (Å²) in [7, 11) is -4.11. The van der Waals surface area contributed by atoms with Gasteiger partial charge in [-0.3, -0.25) is 9.59 Å². The van der Waals surface area contributed by atoms with Crippen molar-refractivity contribution in [2.75, 3.05) is 18.4 Å². The van der Waals surface area contributed by atoms with Crippen molar-refractivity contribution < 1.29 is 37.2 Å². The second-order valence-electron chi connectivity index (χ2n) is 7.09. The minimum atomic E-state index is -4.49. The molecule has 1 unspecified atom stereocenters. The number of esters is 1. The normalized spacial score (nSPS) is 21.4. The van der Waals surface area contributed by atoms with E-state index in [4.69, 9.17) is 10.5 Å². The molecule has 4 amide bonds. The molecule has 2 aliphatic heterocycles. The molecule has 36 heavy (non-hydrogen) atoms. The number of hydrogen-bond acceptors (Lipinski definition) is 13. The highest BCUT2D eigenvalue weighted by Gasteiger charge is 2.57. The second-order valence-corrected chi connectivity index (χ2v) is 10.9. The maximum Gasteiger partial charge on any atom is 0.340 e. The molecular formula is C17H22N8O8S3. The molecule has 196 valence electrons. The van der Waals surface area contributed by atoms with Gasteiger partial charge in [-0.2, -0.15) is 12.8 Å². The smallest absolute Gasteiger partial charge is 0.340 e. The largest absolute Gasteiger partial charge is 0.464 e. The van der Waals surface area contributed by atoms with Crippen LogP contribution in [-0.2, 0) is 44.9 Å². The molecule has 3 rings (SSSR count). The van der Waals surface area contributed by atoms with E-state index in [1.165, 1.54) is 25.5 Å². The molecule has 0 bridgehead atoms. The Morgan fingerprint density at radius 3 is 2.69 bits per heavy atom. The number of anilines is 1. The van der Waals surface area contributed by atoms with Gasteiger partial charge in [-0.05, 0) is 31.4 Å². The van der Waals surface area contributed by atoms with Gasteiger partial charge in [0.1, 0.15) is 6.04 Å². The fourth-order valence-corrected chi connectivity index (χ4v) is 5.41. The van der Waals surface area contributed by atoms with Crippen LogP contribution >= 0.6 is 11.5 Å². The number of carbonyl (C=O) groups excluding carboxylic acids is 4. The summed E-state index contributed by atoms with van der Waals surface area (Å²) in [6.45, 7) is 3.11. The van der Waals surface area contributed by atoms with Gasteiger partial charge in [0, 0.05) is 21.0 Å².